The van der Waals surface area contributed by atoms with E-state index >= 15 is 0 Å². The summed E-state index contributed by atoms with van der Waals surface area (Å²) >= 11 is 0. The van der Waals surface area contributed by atoms with Gasteiger partial charge in [-0.2, -0.15) is 0 Å². The fraction of sp³-hybridized carbons (Fsp3) is 0.538. The van der Waals surface area contributed by atoms with Crippen LogP contribution in [-0.2, 0) is 4.74 Å². The van der Waals surface area contributed by atoms with Crippen LogP contribution in [0.5, 0.6) is 0 Å². The molecule has 5 nitrogen and oxygen atoms in total. The number of aryl methyl sites for hydroxylation is 1. The second kappa shape index (κ2) is 6.96. The summed E-state index contributed by atoms with van der Waals surface area (Å²) in [7, 11) is 0. The third-order valence-corrected chi connectivity index (χ3v) is 2.43. The van der Waals surface area contributed by atoms with Crippen LogP contribution in [-0.4, -0.2) is 24.7 Å². The molecule has 1 aromatic rings. The Bertz CT molecular complexity index is 405. The smallest absolute Gasteiger partial charge is 0.269 e. The number of nitrogens with one attached hydrogen (secondary N) is 1. The van der Waals surface area contributed by atoms with E-state index in [4.69, 9.17) is 4.74 Å². The lowest BCUT2D eigenvalue weighted by Gasteiger charge is -2.10. The van der Waals surface area contributed by atoms with Crippen LogP contribution in [0.2, 0.25) is 0 Å². The molecule has 0 aromatic heterocycles. The molecule has 1 aromatic carbocycles. The highest BCUT2D eigenvalue weighted by Gasteiger charge is 2.07. The molecule has 0 saturated carbocycles. The number of anilines is 1. The lowest BCUT2D eigenvalue weighted by molar-refractivity contribution is -0.384. The van der Waals surface area contributed by atoms with Gasteiger partial charge in [0.05, 0.1) is 11.5 Å². The number of rotatable bonds is 7. The number of benzene rings is 1. The van der Waals surface area contributed by atoms with E-state index in [-0.39, 0.29) is 10.6 Å². The largest absolute Gasteiger partial charge is 0.383 e. The zero-order chi connectivity index (χ0) is 13.5. The molecule has 0 atom stereocenters. The molecule has 0 unspecified atom stereocenters. The van der Waals surface area contributed by atoms with E-state index in [9.17, 15) is 10.1 Å². The molecule has 0 aliphatic rings. The van der Waals surface area contributed by atoms with Gasteiger partial charge in [0.15, 0.2) is 0 Å². The van der Waals surface area contributed by atoms with E-state index in [1.165, 1.54) is 6.07 Å². The lowest BCUT2D eigenvalue weighted by atomic mass is 10.2. The summed E-state index contributed by atoms with van der Waals surface area (Å²) in [5.41, 5.74) is 1.90. The maximum Gasteiger partial charge on any atom is 0.269 e. The van der Waals surface area contributed by atoms with Crippen LogP contribution in [0.4, 0.5) is 11.4 Å². The molecule has 100 valence electrons. The molecule has 0 spiro atoms. The van der Waals surface area contributed by atoms with E-state index < -0.39 is 0 Å². The maximum atomic E-state index is 10.6. The Labute approximate surface area is 107 Å². The third kappa shape index (κ3) is 4.71. The molecule has 0 radical (unpaired) electrons. The molecule has 0 fully saturated rings. The first-order chi connectivity index (χ1) is 8.50. The van der Waals surface area contributed by atoms with Crippen LogP contribution < -0.4 is 5.32 Å². The molecular weight excluding hydrogens is 232 g/mol. The first-order valence-corrected chi connectivity index (χ1v) is 6.07. The van der Waals surface area contributed by atoms with Crippen LogP contribution in [0, 0.1) is 23.0 Å². The standard InChI is InChI=1S/C13H20N2O3/c1-10(2)9-18-7-6-14-13-5-4-12(15(16)17)8-11(13)3/h4-5,8,10,14H,6-7,9H2,1-3H3. The highest BCUT2D eigenvalue weighted by Crippen LogP contribution is 2.20. The van der Waals surface area contributed by atoms with Crippen molar-refractivity contribution >= 4 is 11.4 Å². The van der Waals surface area contributed by atoms with E-state index in [1.54, 1.807) is 12.1 Å². The van der Waals surface area contributed by atoms with Crippen molar-refractivity contribution in [3.05, 3.63) is 33.9 Å². The molecular formula is C13H20N2O3. The van der Waals surface area contributed by atoms with Gasteiger partial charge < -0.3 is 10.1 Å². The number of nitro groups is 1. The summed E-state index contributed by atoms with van der Waals surface area (Å²) in [5, 5.41) is 13.8. The number of ether oxygens (including phenoxy) is 1. The van der Waals surface area contributed by atoms with Crippen molar-refractivity contribution < 1.29 is 9.66 Å². The van der Waals surface area contributed by atoms with Crippen molar-refractivity contribution in [3.63, 3.8) is 0 Å². The van der Waals surface area contributed by atoms with Gasteiger partial charge in [-0.05, 0) is 24.5 Å². The van der Waals surface area contributed by atoms with Gasteiger partial charge in [-0.25, -0.2) is 0 Å². The predicted octanol–water partition coefficient (Wildman–Crippen LogP) is 2.99. The van der Waals surface area contributed by atoms with Crippen molar-refractivity contribution in [1.29, 1.82) is 0 Å². The summed E-state index contributed by atoms with van der Waals surface area (Å²) < 4.78 is 5.45. The van der Waals surface area contributed by atoms with E-state index in [0.717, 1.165) is 17.9 Å². The first kappa shape index (κ1) is 14.4. The summed E-state index contributed by atoms with van der Waals surface area (Å²) in [6.45, 7) is 8.15. The number of non-ortho nitro benzene ring substituents is 1. The minimum Gasteiger partial charge on any atom is -0.383 e. The Hall–Kier alpha value is -1.62. The van der Waals surface area contributed by atoms with Gasteiger partial charge in [-0.3, -0.25) is 10.1 Å². The van der Waals surface area contributed by atoms with Crippen molar-refractivity contribution in [1.82, 2.24) is 0 Å². The summed E-state index contributed by atoms with van der Waals surface area (Å²) in [4.78, 5) is 10.2. The molecule has 0 saturated heterocycles. The van der Waals surface area contributed by atoms with Crippen LogP contribution in [0.25, 0.3) is 0 Å². The van der Waals surface area contributed by atoms with Crippen LogP contribution in [0.3, 0.4) is 0 Å². The molecule has 5 heteroatoms. The summed E-state index contributed by atoms with van der Waals surface area (Å²) in [6, 6.07) is 4.80. The van der Waals surface area contributed by atoms with E-state index in [2.05, 4.69) is 19.2 Å². The second-order valence-electron chi connectivity index (χ2n) is 4.65. The first-order valence-electron chi connectivity index (χ1n) is 6.07. The van der Waals surface area contributed by atoms with Gasteiger partial charge in [0.1, 0.15) is 0 Å². The van der Waals surface area contributed by atoms with Crippen molar-refractivity contribution in [2.75, 3.05) is 25.1 Å². The highest BCUT2D eigenvalue weighted by molar-refractivity contribution is 5.55. The predicted molar refractivity (Wildman–Crippen MR) is 72.0 cm³/mol. The second-order valence-corrected chi connectivity index (χ2v) is 4.65. The number of hydrogen-bond donors (Lipinski definition) is 1. The Morgan fingerprint density at radius 2 is 2.17 bits per heavy atom. The van der Waals surface area contributed by atoms with Gasteiger partial charge in [-0.1, -0.05) is 13.8 Å². The Kier molecular flexibility index (Phi) is 5.58. The van der Waals surface area contributed by atoms with Gasteiger partial charge in [-0.15, -0.1) is 0 Å². The molecule has 1 rings (SSSR count). The van der Waals surface area contributed by atoms with E-state index in [0.29, 0.717) is 19.1 Å². The minimum absolute atomic E-state index is 0.120. The molecule has 0 aliphatic heterocycles. The van der Waals surface area contributed by atoms with Crippen molar-refractivity contribution in [2.45, 2.75) is 20.8 Å². The van der Waals surface area contributed by atoms with Gasteiger partial charge in [0.25, 0.3) is 5.69 Å². The van der Waals surface area contributed by atoms with E-state index in [1.807, 2.05) is 6.92 Å². The quantitative estimate of drug-likeness (QED) is 0.460. The zero-order valence-corrected chi connectivity index (χ0v) is 11.1. The van der Waals surface area contributed by atoms with Gasteiger partial charge >= 0.3 is 0 Å². The topological polar surface area (TPSA) is 64.4 Å². The van der Waals surface area contributed by atoms with Gasteiger partial charge in [0, 0.05) is 31.0 Å². The van der Waals surface area contributed by atoms with Crippen LogP contribution in [0.15, 0.2) is 18.2 Å². The maximum absolute atomic E-state index is 10.6. The monoisotopic (exact) mass is 252 g/mol. The summed E-state index contributed by atoms with van der Waals surface area (Å²) in [6.07, 6.45) is 0. The fourth-order valence-corrected chi connectivity index (χ4v) is 1.54. The Morgan fingerprint density at radius 3 is 2.72 bits per heavy atom. The molecule has 0 bridgehead atoms. The molecule has 18 heavy (non-hydrogen) atoms. The molecule has 0 aliphatic carbocycles. The van der Waals surface area contributed by atoms with Crippen LogP contribution in [0.1, 0.15) is 19.4 Å². The van der Waals surface area contributed by atoms with Crippen molar-refractivity contribution in [2.24, 2.45) is 5.92 Å². The average molecular weight is 252 g/mol. The number of nitro benzene ring substituents is 1. The molecule has 1 N–H and O–H groups in total. The Morgan fingerprint density at radius 1 is 1.44 bits per heavy atom. The van der Waals surface area contributed by atoms with Gasteiger partial charge in [0.2, 0.25) is 0 Å². The number of nitrogens with zero attached hydrogens (tertiary/aromatic N) is 1. The lowest BCUT2D eigenvalue weighted by Crippen LogP contribution is -2.12. The molecule has 0 heterocycles. The fourth-order valence-electron chi connectivity index (χ4n) is 1.54. The Balaban J connectivity index is 2.41. The highest BCUT2D eigenvalue weighted by atomic mass is 16.6. The zero-order valence-electron chi connectivity index (χ0n) is 11.1. The SMILES string of the molecule is Cc1cc([N+](=O)[O-])ccc1NCCOCC(C)C. The van der Waals surface area contributed by atoms with Crippen molar-refractivity contribution in [3.8, 4) is 0 Å². The average Bonchev–Trinajstić information content (AvgIpc) is 2.29. The van der Waals surface area contributed by atoms with Crippen LogP contribution >= 0.6 is 0 Å². The normalized spacial score (nSPS) is 10.7. The number of hydrogen-bond acceptors (Lipinski definition) is 4. The third-order valence-electron chi connectivity index (χ3n) is 2.43. The summed E-state index contributed by atoms with van der Waals surface area (Å²) in [5.74, 6) is 0.533. The molecule has 0 amide bonds. The minimum atomic E-state index is -0.386.